The van der Waals surface area contributed by atoms with Crippen molar-refractivity contribution in [3.05, 3.63) is 109 Å². The second kappa shape index (κ2) is 12.4. The first-order valence-electron chi connectivity index (χ1n) is 12.9. The van der Waals surface area contributed by atoms with Crippen molar-refractivity contribution in [3.63, 3.8) is 0 Å². The number of aromatic amines is 1. The maximum atomic E-state index is 13.2. The molecule has 0 bridgehead atoms. The van der Waals surface area contributed by atoms with E-state index in [0.717, 1.165) is 11.3 Å². The average Bonchev–Trinajstić information content (AvgIpc) is 3.30. The number of nitrogens with one attached hydrogen (secondary N) is 3. The molecule has 41 heavy (non-hydrogen) atoms. The van der Waals surface area contributed by atoms with Crippen LogP contribution in [0.2, 0.25) is 15.1 Å². The van der Waals surface area contributed by atoms with Crippen LogP contribution in [0.4, 0.5) is 5.69 Å². The summed E-state index contributed by atoms with van der Waals surface area (Å²) in [7, 11) is 0. The predicted octanol–water partition coefficient (Wildman–Crippen LogP) is 5.91. The number of hydrogen-bond donors (Lipinski definition) is 3. The first kappa shape index (κ1) is 28.8. The molecule has 3 aromatic heterocycles. The van der Waals surface area contributed by atoms with Crippen LogP contribution in [-0.4, -0.2) is 37.2 Å². The van der Waals surface area contributed by atoms with Gasteiger partial charge < -0.3 is 15.6 Å². The van der Waals surface area contributed by atoms with E-state index in [4.69, 9.17) is 39.8 Å². The van der Waals surface area contributed by atoms with E-state index in [-0.39, 0.29) is 34.0 Å². The lowest BCUT2D eigenvalue weighted by atomic mass is 10.1. The lowest BCUT2D eigenvalue weighted by molar-refractivity contribution is -0.115. The Balaban J connectivity index is 1.35. The van der Waals surface area contributed by atoms with Gasteiger partial charge in [0.15, 0.2) is 5.65 Å². The fraction of sp³-hybridized carbons (Fsp3) is 0.207. The minimum atomic E-state index is -0.303. The summed E-state index contributed by atoms with van der Waals surface area (Å²) in [6, 6.07) is 16.1. The van der Waals surface area contributed by atoms with E-state index in [9.17, 15) is 9.59 Å². The lowest BCUT2D eigenvalue weighted by Gasteiger charge is -2.10. The van der Waals surface area contributed by atoms with Gasteiger partial charge in [-0.25, -0.2) is 9.67 Å². The predicted molar refractivity (Wildman–Crippen MR) is 162 cm³/mol. The van der Waals surface area contributed by atoms with Crippen molar-refractivity contribution < 1.29 is 4.79 Å². The minimum absolute atomic E-state index is 0.0506. The van der Waals surface area contributed by atoms with Gasteiger partial charge >= 0.3 is 0 Å². The van der Waals surface area contributed by atoms with Crippen LogP contribution < -0.4 is 16.2 Å². The second-order valence-electron chi connectivity index (χ2n) is 9.73. The van der Waals surface area contributed by atoms with Gasteiger partial charge in [0.2, 0.25) is 5.91 Å². The third-order valence-corrected chi connectivity index (χ3v) is 7.08. The number of hydrogen-bond acceptors (Lipinski definition) is 6. The fourth-order valence-electron chi connectivity index (χ4n) is 4.39. The van der Waals surface area contributed by atoms with Crippen molar-refractivity contribution >= 4 is 57.4 Å². The summed E-state index contributed by atoms with van der Waals surface area (Å²) in [4.78, 5) is 37.4. The van der Waals surface area contributed by atoms with E-state index >= 15 is 0 Å². The van der Waals surface area contributed by atoms with Crippen molar-refractivity contribution in [2.75, 3.05) is 11.9 Å². The Morgan fingerprint density at radius 3 is 2.44 bits per heavy atom. The summed E-state index contributed by atoms with van der Waals surface area (Å²) in [5.74, 6) is 0.222. The monoisotopic (exact) mass is 609 g/mol. The molecule has 0 atom stereocenters. The number of H-pyrrole nitrogens is 1. The molecule has 210 valence electrons. The highest BCUT2D eigenvalue weighted by Crippen LogP contribution is 2.34. The van der Waals surface area contributed by atoms with Crippen LogP contribution in [0.5, 0.6) is 0 Å². The van der Waals surface area contributed by atoms with Crippen LogP contribution in [-0.2, 0) is 17.8 Å². The third-order valence-electron chi connectivity index (χ3n) is 6.28. The Morgan fingerprint density at radius 1 is 1.05 bits per heavy atom. The van der Waals surface area contributed by atoms with E-state index in [0.29, 0.717) is 51.9 Å². The van der Waals surface area contributed by atoms with E-state index in [1.807, 2.05) is 44.2 Å². The van der Waals surface area contributed by atoms with Gasteiger partial charge in [0, 0.05) is 29.9 Å². The Morgan fingerprint density at radius 2 is 1.78 bits per heavy atom. The summed E-state index contributed by atoms with van der Waals surface area (Å²) < 4.78 is 1.50. The first-order valence-corrected chi connectivity index (χ1v) is 14.0. The molecule has 0 saturated carbocycles. The molecular formula is C29H26Cl3N7O2. The van der Waals surface area contributed by atoms with Crippen molar-refractivity contribution in [1.29, 1.82) is 0 Å². The zero-order valence-electron chi connectivity index (χ0n) is 22.2. The summed E-state index contributed by atoms with van der Waals surface area (Å²) >= 11 is 19.1. The van der Waals surface area contributed by atoms with Gasteiger partial charge in [-0.2, -0.15) is 5.10 Å². The maximum absolute atomic E-state index is 13.2. The summed E-state index contributed by atoms with van der Waals surface area (Å²) in [6.07, 6.45) is 2.05. The number of carbonyl (C=O) groups excluding carboxylic acids is 1. The van der Waals surface area contributed by atoms with E-state index in [1.165, 1.54) is 4.68 Å². The number of aromatic nitrogens is 5. The Bertz CT molecular complexity index is 1740. The molecule has 1 amide bonds. The molecule has 5 rings (SSSR count). The van der Waals surface area contributed by atoms with Crippen molar-refractivity contribution in [2.24, 2.45) is 0 Å². The highest BCUT2D eigenvalue weighted by molar-refractivity contribution is 6.40. The number of amides is 1. The number of benzene rings is 2. The second-order valence-corrected chi connectivity index (χ2v) is 11.0. The van der Waals surface area contributed by atoms with Crippen LogP contribution in [0, 0.1) is 0 Å². The largest absolute Gasteiger partial charge is 0.325 e. The average molecular weight is 611 g/mol. The third kappa shape index (κ3) is 6.60. The fourth-order valence-corrected chi connectivity index (χ4v) is 5.37. The van der Waals surface area contributed by atoms with Crippen molar-refractivity contribution in [1.82, 2.24) is 30.0 Å². The number of rotatable bonds is 9. The highest BCUT2D eigenvalue weighted by Gasteiger charge is 2.23. The molecule has 12 heteroatoms. The Kier molecular flexibility index (Phi) is 8.70. The first-order chi connectivity index (χ1) is 19.7. The molecule has 0 fully saturated rings. The van der Waals surface area contributed by atoms with Gasteiger partial charge in [-0.05, 0) is 47.9 Å². The molecule has 0 aliphatic carbocycles. The van der Waals surface area contributed by atoms with Crippen molar-refractivity contribution in [3.8, 4) is 5.69 Å². The summed E-state index contributed by atoms with van der Waals surface area (Å²) in [5.41, 5.74) is 3.42. The smallest absolute Gasteiger partial charge is 0.262 e. The molecule has 5 aromatic rings. The molecular weight excluding hydrogens is 585 g/mol. The molecule has 0 aliphatic rings. The zero-order valence-corrected chi connectivity index (χ0v) is 24.5. The molecule has 3 N–H and O–H groups in total. The van der Waals surface area contributed by atoms with Crippen LogP contribution in [0.15, 0.2) is 65.6 Å². The number of fused-ring (bicyclic) bond motifs is 1. The highest BCUT2D eigenvalue weighted by atomic mass is 35.5. The molecule has 3 heterocycles. The maximum Gasteiger partial charge on any atom is 0.262 e. The van der Waals surface area contributed by atoms with Gasteiger partial charge in [-0.3, -0.25) is 14.6 Å². The molecule has 0 unspecified atom stereocenters. The van der Waals surface area contributed by atoms with Gasteiger partial charge in [0.1, 0.15) is 16.9 Å². The lowest BCUT2D eigenvalue weighted by Crippen LogP contribution is -2.27. The van der Waals surface area contributed by atoms with Crippen LogP contribution >= 0.6 is 34.8 Å². The van der Waals surface area contributed by atoms with Crippen LogP contribution in [0.25, 0.3) is 16.7 Å². The zero-order chi connectivity index (χ0) is 29.1. The van der Waals surface area contributed by atoms with Crippen LogP contribution in [0.1, 0.15) is 42.5 Å². The van der Waals surface area contributed by atoms with E-state index in [2.05, 4.69) is 25.7 Å². The van der Waals surface area contributed by atoms with Crippen LogP contribution in [0.3, 0.4) is 0 Å². The Labute approximate surface area is 250 Å². The summed E-state index contributed by atoms with van der Waals surface area (Å²) in [6.45, 7) is 4.54. The van der Waals surface area contributed by atoms with Gasteiger partial charge in [-0.1, -0.05) is 66.8 Å². The number of halogens is 3. The number of anilines is 1. The van der Waals surface area contributed by atoms with Gasteiger partial charge in [0.25, 0.3) is 5.56 Å². The van der Waals surface area contributed by atoms with E-state index in [1.54, 1.807) is 30.5 Å². The number of carbonyl (C=O) groups is 1. The molecule has 2 aromatic carbocycles. The normalized spacial score (nSPS) is 11.4. The van der Waals surface area contributed by atoms with Crippen molar-refractivity contribution in [2.45, 2.75) is 32.7 Å². The van der Waals surface area contributed by atoms with E-state index < -0.39 is 0 Å². The SMILES string of the molecule is CC(C)c1nn(-c2c(Cl)cc(Cl)cc2Cl)c2nc(Cc3ccc(NC(=O)CNCc4ccccn4)cc3)[nH]c(=O)c12. The number of pyridine rings is 1. The molecule has 9 nitrogen and oxygen atoms in total. The summed E-state index contributed by atoms with van der Waals surface area (Å²) in [5, 5.41) is 11.9. The standard InChI is InChI=1S/C29H26Cl3N7O2/c1-16(2)26-25-28(39(38-26)27-21(31)12-18(30)13-22(27)32)36-23(37-29(25)41)11-17-6-8-19(9-7-17)35-24(40)15-33-14-20-5-3-4-10-34-20/h3-10,12-13,16,33H,11,14-15H2,1-2H3,(H,35,40)(H,36,37,41). The molecule has 0 spiro atoms. The molecule has 0 radical (unpaired) electrons. The van der Waals surface area contributed by atoms with Gasteiger partial charge in [-0.15, -0.1) is 0 Å². The quantitative estimate of drug-likeness (QED) is 0.191. The number of nitrogens with zero attached hydrogens (tertiary/aromatic N) is 4. The molecule has 0 aliphatic heterocycles. The minimum Gasteiger partial charge on any atom is -0.325 e. The topological polar surface area (TPSA) is 118 Å². The Hall–Kier alpha value is -3.76. The molecule has 0 saturated heterocycles. The van der Waals surface area contributed by atoms with Gasteiger partial charge in [0.05, 0.1) is 28.0 Å².